The van der Waals surface area contributed by atoms with Crippen molar-refractivity contribution in [1.29, 1.82) is 0 Å². The summed E-state index contributed by atoms with van der Waals surface area (Å²) in [5.74, 6) is -0.154. The highest BCUT2D eigenvalue weighted by Crippen LogP contribution is 2.48. The zero-order valence-electron chi connectivity index (χ0n) is 31.4. The van der Waals surface area contributed by atoms with Gasteiger partial charge in [0.2, 0.25) is 15.9 Å². The molecule has 0 spiro atoms. The zero-order valence-corrected chi connectivity index (χ0v) is 33.0. The summed E-state index contributed by atoms with van der Waals surface area (Å²) in [6.07, 6.45) is -1.48. The smallest absolute Gasteiger partial charge is 0.242 e. The monoisotopic (exact) mass is 799 g/mol. The lowest BCUT2D eigenvalue weighted by Crippen LogP contribution is -2.45. The molecule has 5 unspecified atom stereocenters. The number of nitrogens with one attached hydrogen (secondary N) is 2. The largest absolute Gasteiger partial charge is 0.398 e. The molecule has 0 aliphatic carbocycles. The van der Waals surface area contributed by atoms with Gasteiger partial charge in [-0.05, 0) is 72.0 Å². The second-order valence-electron chi connectivity index (χ2n) is 14.0. The van der Waals surface area contributed by atoms with Crippen LogP contribution in [0.1, 0.15) is 51.7 Å². The van der Waals surface area contributed by atoms with Gasteiger partial charge in [-0.25, -0.2) is 8.42 Å². The Morgan fingerprint density at radius 2 is 1.42 bits per heavy atom. The Morgan fingerprint density at radius 3 is 2.12 bits per heavy atom. The van der Waals surface area contributed by atoms with E-state index in [9.17, 15) is 18.3 Å². The summed E-state index contributed by atoms with van der Waals surface area (Å²) in [6, 6.07) is 47.6. The number of thioether (sulfide) groups is 1. The Balaban J connectivity index is 1.19. The molecule has 0 aromatic heterocycles. The molecular weight excluding hydrogens is 755 g/mol. The van der Waals surface area contributed by atoms with E-state index in [1.165, 1.54) is 12.1 Å². The second-order valence-corrected chi connectivity index (χ2v) is 16.8. The highest BCUT2D eigenvalue weighted by atomic mass is 32.2. The highest BCUT2D eigenvalue weighted by Gasteiger charge is 2.42. The molecule has 1 fully saturated rings. The summed E-state index contributed by atoms with van der Waals surface area (Å²) in [4.78, 5) is 15.1. The fourth-order valence-corrected chi connectivity index (χ4v) is 9.17. The SMILES string of the molecule is Cc1ccc(S(=O)(=O)NC(Cc2ccccc2)C(=O)Nc2cccc(C3OC(CSc4ccccc4N)C(c4ccccc4)C(c4ccc(CO)cc4)O3)c2)cc1. The van der Waals surface area contributed by atoms with E-state index in [0.29, 0.717) is 22.7 Å². The van der Waals surface area contributed by atoms with Crippen LogP contribution in [0.3, 0.4) is 0 Å². The number of aliphatic hydroxyl groups excluding tert-OH is 1. The number of aryl methyl sites for hydroxylation is 1. The van der Waals surface area contributed by atoms with E-state index in [0.717, 1.165) is 32.7 Å². The van der Waals surface area contributed by atoms with Crippen LogP contribution in [0.4, 0.5) is 11.4 Å². The van der Waals surface area contributed by atoms with Crippen molar-refractivity contribution in [2.24, 2.45) is 0 Å². The van der Waals surface area contributed by atoms with Crippen molar-refractivity contribution in [3.05, 3.63) is 191 Å². The number of sulfonamides is 1. The Labute approximate surface area is 338 Å². The molecule has 6 aromatic rings. The molecule has 11 heteroatoms. The van der Waals surface area contributed by atoms with Gasteiger partial charge in [0.25, 0.3) is 0 Å². The van der Waals surface area contributed by atoms with Crippen LogP contribution in [0.2, 0.25) is 0 Å². The van der Waals surface area contributed by atoms with Gasteiger partial charge >= 0.3 is 0 Å². The van der Waals surface area contributed by atoms with E-state index >= 15 is 0 Å². The van der Waals surface area contributed by atoms with Gasteiger partial charge in [0.05, 0.1) is 23.7 Å². The summed E-state index contributed by atoms with van der Waals surface area (Å²) < 4.78 is 43.5. The van der Waals surface area contributed by atoms with Crippen LogP contribution in [0.15, 0.2) is 168 Å². The number of hydrogen-bond donors (Lipinski definition) is 4. The molecule has 6 aromatic carbocycles. The minimum absolute atomic E-state index is 0.0737. The van der Waals surface area contributed by atoms with Crippen molar-refractivity contribution in [3.8, 4) is 0 Å². The lowest BCUT2D eigenvalue weighted by atomic mass is 9.84. The van der Waals surface area contributed by atoms with E-state index in [2.05, 4.69) is 22.2 Å². The van der Waals surface area contributed by atoms with Crippen molar-refractivity contribution >= 4 is 39.1 Å². The van der Waals surface area contributed by atoms with Crippen LogP contribution in [-0.2, 0) is 37.3 Å². The van der Waals surface area contributed by atoms with Crippen LogP contribution in [-0.4, -0.2) is 37.3 Å². The van der Waals surface area contributed by atoms with Gasteiger partial charge in [0.15, 0.2) is 6.29 Å². The number of carbonyl (C=O) groups excluding carboxylic acids is 1. The number of hydrogen-bond acceptors (Lipinski definition) is 8. The van der Waals surface area contributed by atoms with Gasteiger partial charge < -0.3 is 25.6 Å². The van der Waals surface area contributed by atoms with Crippen molar-refractivity contribution < 1.29 is 27.8 Å². The standard InChI is InChI=1S/C46H45N3O6S2/c1-31-19-25-38(26-20-31)57(52,53)49-40(27-32-11-4-2-5-12-32)45(51)48-37-16-10-15-36(28-37)46-54-41(30-56-42-18-9-8-17-39(42)47)43(34-13-6-3-7-14-34)44(55-46)35-23-21-33(29-50)22-24-35/h2-26,28,40-41,43-44,46,49-50H,27,29-30,47H2,1H3,(H,48,51). The fraction of sp³-hybridized carbons (Fsp3) is 0.196. The first-order chi connectivity index (χ1) is 27.7. The quantitative estimate of drug-likeness (QED) is 0.0638. The molecule has 5 N–H and O–H groups in total. The molecule has 57 heavy (non-hydrogen) atoms. The minimum Gasteiger partial charge on any atom is -0.398 e. The van der Waals surface area contributed by atoms with Crippen LogP contribution in [0, 0.1) is 6.92 Å². The maximum atomic E-state index is 14.0. The van der Waals surface area contributed by atoms with Crippen molar-refractivity contribution in [3.63, 3.8) is 0 Å². The maximum Gasteiger partial charge on any atom is 0.242 e. The third-order valence-corrected chi connectivity index (χ3v) is 12.6. The first kappa shape index (κ1) is 39.9. The van der Waals surface area contributed by atoms with Crippen molar-refractivity contribution in [2.75, 3.05) is 16.8 Å². The molecular formula is C46H45N3O6S2. The molecule has 1 aliphatic heterocycles. The van der Waals surface area contributed by atoms with Crippen LogP contribution in [0.5, 0.6) is 0 Å². The third-order valence-electron chi connectivity index (χ3n) is 9.95. The summed E-state index contributed by atoms with van der Waals surface area (Å²) in [6.45, 7) is 1.81. The van der Waals surface area contributed by atoms with E-state index < -0.39 is 34.4 Å². The predicted molar refractivity (Wildman–Crippen MR) is 225 cm³/mol. The Bertz CT molecular complexity index is 2360. The van der Waals surface area contributed by atoms with Crippen LogP contribution < -0.4 is 15.8 Å². The lowest BCUT2D eigenvalue weighted by Gasteiger charge is -2.43. The topological polar surface area (TPSA) is 140 Å². The molecule has 1 aliphatic rings. The first-order valence-electron chi connectivity index (χ1n) is 18.7. The molecule has 0 radical (unpaired) electrons. The number of carbonyl (C=O) groups is 1. The molecule has 292 valence electrons. The van der Waals surface area contributed by atoms with E-state index in [-0.39, 0.29) is 29.9 Å². The number of nitrogens with two attached hydrogens (primary N) is 1. The Hall–Kier alpha value is -5.27. The number of nitrogen functional groups attached to an aromatic ring is 1. The number of para-hydroxylation sites is 1. The molecule has 0 saturated carbocycles. The second kappa shape index (κ2) is 18.3. The van der Waals surface area contributed by atoms with Crippen LogP contribution in [0.25, 0.3) is 0 Å². The van der Waals surface area contributed by atoms with Crippen molar-refractivity contribution in [1.82, 2.24) is 4.72 Å². The third kappa shape index (κ3) is 10.0. The average Bonchev–Trinajstić information content (AvgIpc) is 3.23. The van der Waals surface area contributed by atoms with Crippen LogP contribution >= 0.6 is 11.8 Å². The lowest BCUT2D eigenvalue weighted by molar-refractivity contribution is -0.255. The number of anilines is 2. The van der Waals surface area contributed by atoms with Gasteiger partial charge in [-0.15, -0.1) is 11.8 Å². The molecule has 5 atom stereocenters. The molecule has 9 nitrogen and oxygen atoms in total. The van der Waals surface area contributed by atoms with E-state index in [1.54, 1.807) is 36.0 Å². The number of amides is 1. The van der Waals surface area contributed by atoms with Gasteiger partial charge in [-0.3, -0.25) is 4.79 Å². The van der Waals surface area contributed by atoms with Gasteiger partial charge in [-0.2, -0.15) is 4.72 Å². The summed E-state index contributed by atoms with van der Waals surface area (Å²) in [5.41, 5.74) is 12.7. The number of aliphatic hydroxyl groups is 1. The number of benzene rings is 6. The highest BCUT2D eigenvalue weighted by molar-refractivity contribution is 7.99. The van der Waals surface area contributed by atoms with Gasteiger partial charge in [-0.1, -0.05) is 127 Å². The minimum atomic E-state index is -4.03. The predicted octanol–water partition coefficient (Wildman–Crippen LogP) is 8.33. The summed E-state index contributed by atoms with van der Waals surface area (Å²) in [5, 5.41) is 12.7. The molecule has 1 heterocycles. The number of rotatable bonds is 14. The van der Waals surface area contributed by atoms with Gasteiger partial charge in [0.1, 0.15) is 6.04 Å². The maximum absolute atomic E-state index is 14.0. The van der Waals surface area contributed by atoms with Gasteiger partial charge in [0, 0.05) is 33.5 Å². The summed E-state index contributed by atoms with van der Waals surface area (Å²) >= 11 is 1.62. The Morgan fingerprint density at radius 1 is 0.754 bits per heavy atom. The Kier molecular flexibility index (Phi) is 12.8. The normalized spacial score (nSPS) is 18.8. The molecule has 1 saturated heterocycles. The average molecular weight is 800 g/mol. The van der Waals surface area contributed by atoms with E-state index in [4.69, 9.17) is 15.2 Å². The fourth-order valence-electron chi connectivity index (χ4n) is 6.94. The zero-order chi connectivity index (χ0) is 39.8. The molecule has 1 amide bonds. The summed E-state index contributed by atoms with van der Waals surface area (Å²) in [7, 11) is -4.03. The molecule has 0 bridgehead atoms. The van der Waals surface area contributed by atoms with Crippen molar-refractivity contribution in [2.45, 2.75) is 60.2 Å². The first-order valence-corrected chi connectivity index (χ1v) is 21.2. The van der Waals surface area contributed by atoms with E-state index in [1.807, 2.05) is 116 Å². The number of ether oxygens (including phenoxy) is 2. The molecule has 7 rings (SSSR count).